The zero-order chi connectivity index (χ0) is 29.8. The molecule has 1 aromatic heterocycles. The average molecular weight is 560 g/mol. The van der Waals surface area contributed by atoms with Crippen LogP contribution >= 0.6 is 0 Å². The molecule has 220 valence electrons. The summed E-state index contributed by atoms with van der Waals surface area (Å²) in [6.45, 7) is 5.12. The van der Waals surface area contributed by atoms with E-state index in [9.17, 15) is 29.4 Å². The molecule has 5 N–H and O–H groups in total. The van der Waals surface area contributed by atoms with Crippen LogP contribution in [0, 0.1) is 5.92 Å². The first kappa shape index (κ1) is 32.4. The number of benzene rings is 1. The highest BCUT2D eigenvalue weighted by Gasteiger charge is 2.38. The first-order chi connectivity index (χ1) is 18.9. The number of rotatable bonds is 15. The molecule has 12 nitrogen and oxygen atoms in total. The third-order valence-electron chi connectivity index (χ3n) is 6.71. The van der Waals surface area contributed by atoms with Gasteiger partial charge in [0.05, 0.1) is 24.9 Å². The van der Waals surface area contributed by atoms with Crippen LogP contribution in [0.1, 0.15) is 57.7 Å². The second-order valence-corrected chi connectivity index (χ2v) is 10.1. The lowest BCUT2D eigenvalue weighted by Crippen LogP contribution is -2.57. The van der Waals surface area contributed by atoms with E-state index in [0.717, 1.165) is 12.8 Å². The molecular weight excluding hydrogens is 518 g/mol. The number of hydroxylamine groups is 2. The van der Waals surface area contributed by atoms with Crippen LogP contribution in [0.2, 0.25) is 0 Å². The number of hydrogen-bond donors (Lipinski definition) is 4. The monoisotopic (exact) mass is 559 g/mol. The Kier molecular flexibility index (Phi) is 12.8. The summed E-state index contributed by atoms with van der Waals surface area (Å²) in [7, 11) is 1.73. The van der Waals surface area contributed by atoms with Gasteiger partial charge in [-0.3, -0.25) is 14.4 Å². The van der Waals surface area contributed by atoms with Gasteiger partial charge in [0.25, 0.3) is 5.91 Å². The Morgan fingerprint density at radius 3 is 2.40 bits per heavy atom. The van der Waals surface area contributed by atoms with Crippen molar-refractivity contribution in [3.05, 3.63) is 54.1 Å². The second kappa shape index (κ2) is 15.7. The molecule has 0 bridgehead atoms. The van der Waals surface area contributed by atoms with Crippen molar-refractivity contribution in [3.8, 4) is 0 Å². The molecule has 0 aliphatic rings. The summed E-state index contributed by atoms with van der Waals surface area (Å²) in [6, 6.07) is 4.77. The fourth-order valence-electron chi connectivity index (χ4n) is 4.05. The zero-order valence-electron chi connectivity index (χ0n) is 23.5. The Morgan fingerprint density at radius 1 is 1.15 bits per heavy atom. The van der Waals surface area contributed by atoms with E-state index < -0.39 is 54.4 Å². The van der Waals surface area contributed by atoms with Gasteiger partial charge >= 0.3 is 11.9 Å². The van der Waals surface area contributed by atoms with E-state index in [0.29, 0.717) is 22.7 Å². The highest BCUT2D eigenvalue weighted by Crippen LogP contribution is 2.18. The Bertz CT molecular complexity index is 1120. The number of hydrogen-bond acceptors (Lipinski definition) is 8. The first-order valence-corrected chi connectivity index (χ1v) is 13.4. The minimum absolute atomic E-state index is 0.0330. The number of amides is 2. The van der Waals surface area contributed by atoms with Crippen molar-refractivity contribution in [2.45, 2.75) is 83.5 Å². The minimum Gasteiger partial charge on any atom is -0.480 e. The second-order valence-electron chi connectivity index (χ2n) is 10.1. The molecule has 0 aliphatic carbocycles. The van der Waals surface area contributed by atoms with E-state index >= 15 is 0 Å². The number of aliphatic hydroxyl groups is 1. The predicted octanol–water partition coefficient (Wildman–Crippen LogP) is 1.35. The van der Waals surface area contributed by atoms with Crippen LogP contribution in [-0.4, -0.2) is 72.8 Å². The molecule has 0 saturated heterocycles. The number of carbonyl (C=O) groups is 4. The lowest BCUT2D eigenvalue weighted by atomic mass is 9.96. The predicted molar refractivity (Wildman–Crippen MR) is 146 cm³/mol. The van der Waals surface area contributed by atoms with Gasteiger partial charge in [0.2, 0.25) is 5.91 Å². The van der Waals surface area contributed by atoms with Crippen LogP contribution in [0.15, 0.2) is 42.9 Å². The number of carbonyl (C=O) groups excluding carboxylic acids is 3. The standard InChI is InChI=1S/C28H41N5O7/c1-5-6-10-18(2)24(34)15-25(35)40-33(27(37)22(29)14-21-16-30-17-32(21)4)23(13-20-11-8-7-9-12-20)26(36)31-19(3)28(38)39/h7-9,11-12,16-19,22-24,34H,5-6,10,13-15,29H2,1-4H3,(H,31,36)(H,38,39)/t18-,19-,22-,23-,24-/m0/s1. The van der Waals surface area contributed by atoms with Gasteiger partial charge in [0, 0.05) is 31.8 Å². The Labute approximate surface area is 234 Å². The van der Waals surface area contributed by atoms with Gasteiger partial charge in [-0.2, -0.15) is 5.06 Å². The number of unbranched alkanes of at least 4 members (excludes halogenated alkanes) is 1. The lowest BCUT2D eigenvalue weighted by Gasteiger charge is -2.32. The molecule has 0 fully saturated rings. The molecule has 0 spiro atoms. The maximum absolute atomic E-state index is 13.7. The Balaban J connectivity index is 2.39. The summed E-state index contributed by atoms with van der Waals surface area (Å²) >= 11 is 0. The number of aliphatic carboxylic acids is 1. The number of aliphatic hydroxyl groups excluding tert-OH is 1. The molecule has 2 amide bonds. The molecule has 40 heavy (non-hydrogen) atoms. The van der Waals surface area contributed by atoms with Crippen molar-refractivity contribution in [2.75, 3.05) is 0 Å². The molecule has 2 rings (SSSR count). The summed E-state index contributed by atoms with van der Waals surface area (Å²) < 4.78 is 1.68. The van der Waals surface area contributed by atoms with E-state index in [1.54, 1.807) is 54.5 Å². The Hall–Kier alpha value is -3.77. The van der Waals surface area contributed by atoms with Crippen molar-refractivity contribution in [3.63, 3.8) is 0 Å². The van der Waals surface area contributed by atoms with Gasteiger partial charge in [0.1, 0.15) is 6.04 Å². The summed E-state index contributed by atoms with van der Waals surface area (Å²) in [5.41, 5.74) is 7.51. The van der Waals surface area contributed by atoms with E-state index in [1.807, 2.05) is 13.8 Å². The quantitative estimate of drug-likeness (QED) is 0.235. The molecule has 2 aromatic rings. The number of nitrogens with two attached hydrogens (primary N) is 1. The number of nitrogens with zero attached hydrogens (tertiary/aromatic N) is 3. The maximum atomic E-state index is 13.7. The van der Waals surface area contributed by atoms with Crippen molar-refractivity contribution >= 4 is 23.8 Å². The van der Waals surface area contributed by atoms with Gasteiger partial charge in [-0.25, -0.2) is 9.78 Å². The fraction of sp³-hybridized carbons (Fsp3) is 0.536. The maximum Gasteiger partial charge on any atom is 0.335 e. The van der Waals surface area contributed by atoms with Gasteiger partial charge < -0.3 is 30.7 Å². The smallest absolute Gasteiger partial charge is 0.335 e. The summed E-state index contributed by atoms with van der Waals surface area (Å²) in [6.07, 6.45) is 4.12. The largest absolute Gasteiger partial charge is 0.480 e. The molecule has 1 aromatic carbocycles. The van der Waals surface area contributed by atoms with Gasteiger partial charge in [-0.05, 0) is 24.8 Å². The van der Waals surface area contributed by atoms with Crippen LogP contribution in [-0.2, 0) is 43.9 Å². The summed E-state index contributed by atoms with van der Waals surface area (Å²) in [5, 5.41) is 22.9. The van der Waals surface area contributed by atoms with Gasteiger partial charge in [0.15, 0.2) is 6.04 Å². The van der Waals surface area contributed by atoms with Crippen LogP contribution in [0.4, 0.5) is 0 Å². The number of carboxylic acid groups (broad SMARTS) is 1. The number of aryl methyl sites for hydroxylation is 1. The van der Waals surface area contributed by atoms with Gasteiger partial charge in [-0.1, -0.05) is 57.0 Å². The fourth-order valence-corrected chi connectivity index (χ4v) is 4.05. The third kappa shape index (κ3) is 9.76. The molecule has 1 heterocycles. The minimum atomic E-state index is -1.44. The van der Waals surface area contributed by atoms with Crippen molar-refractivity contribution in [1.82, 2.24) is 19.9 Å². The highest BCUT2D eigenvalue weighted by atomic mass is 16.7. The van der Waals surface area contributed by atoms with E-state index in [2.05, 4.69) is 10.3 Å². The summed E-state index contributed by atoms with van der Waals surface area (Å²) in [5.74, 6) is -4.09. The van der Waals surface area contributed by atoms with Gasteiger partial charge in [-0.15, -0.1) is 0 Å². The van der Waals surface area contributed by atoms with E-state index in [-0.39, 0.29) is 18.8 Å². The molecular formula is C28H41N5O7. The molecule has 0 radical (unpaired) electrons. The Morgan fingerprint density at radius 2 is 1.82 bits per heavy atom. The molecule has 0 aliphatic heterocycles. The van der Waals surface area contributed by atoms with Crippen LogP contribution in [0.25, 0.3) is 0 Å². The van der Waals surface area contributed by atoms with E-state index in [1.165, 1.54) is 6.92 Å². The first-order valence-electron chi connectivity index (χ1n) is 13.4. The van der Waals surface area contributed by atoms with Crippen LogP contribution < -0.4 is 11.1 Å². The third-order valence-corrected chi connectivity index (χ3v) is 6.71. The van der Waals surface area contributed by atoms with Crippen molar-refractivity contribution in [2.24, 2.45) is 18.7 Å². The zero-order valence-corrected chi connectivity index (χ0v) is 23.5. The number of carboxylic acids is 1. The topological polar surface area (TPSA) is 177 Å². The number of aromatic nitrogens is 2. The molecule has 12 heteroatoms. The molecule has 5 atom stereocenters. The average Bonchev–Trinajstić information content (AvgIpc) is 3.32. The van der Waals surface area contributed by atoms with Crippen molar-refractivity contribution in [1.29, 1.82) is 0 Å². The van der Waals surface area contributed by atoms with E-state index in [4.69, 9.17) is 10.6 Å². The normalized spacial score (nSPS) is 14.8. The number of nitrogens with one attached hydrogen (secondary N) is 1. The number of imidazole rings is 1. The molecule has 0 saturated carbocycles. The summed E-state index contributed by atoms with van der Waals surface area (Å²) in [4.78, 5) is 61.0. The lowest BCUT2D eigenvalue weighted by molar-refractivity contribution is -0.210. The van der Waals surface area contributed by atoms with Crippen molar-refractivity contribution < 1.29 is 34.2 Å². The molecule has 0 unspecified atom stereocenters. The highest BCUT2D eigenvalue weighted by molar-refractivity contribution is 5.92. The SMILES string of the molecule is CCCC[C@H](C)[C@@H](O)CC(=O)ON(C(=O)[C@@H](N)Cc1cncn1C)[C@@H](Cc1ccccc1)C(=O)N[C@@H](C)C(=O)O. The van der Waals surface area contributed by atoms with Crippen LogP contribution in [0.3, 0.4) is 0 Å². The van der Waals surface area contributed by atoms with Crippen LogP contribution in [0.5, 0.6) is 0 Å².